The third kappa shape index (κ3) is 4.00. The Morgan fingerprint density at radius 3 is 2.44 bits per heavy atom. The second kappa shape index (κ2) is 4.62. The smallest absolute Gasteiger partial charge is 0.410 e. The zero-order valence-corrected chi connectivity index (χ0v) is 11.0. The Bertz CT molecular complexity index is 253. The predicted molar refractivity (Wildman–Crippen MR) is 62.5 cm³/mol. The monoisotopic (exact) mass is 229 g/mol. The van der Waals surface area contributed by atoms with E-state index in [1.165, 1.54) is 0 Å². The largest absolute Gasteiger partial charge is 0.444 e. The second-order valence-corrected chi connectivity index (χ2v) is 5.48. The van der Waals surface area contributed by atoms with Gasteiger partial charge in [0.05, 0.1) is 12.2 Å². The van der Waals surface area contributed by atoms with E-state index in [0.29, 0.717) is 6.54 Å². The Kier molecular flexibility index (Phi) is 3.84. The first-order valence-corrected chi connectivity index (χ1v) is 5.86. The maximum Gasteiger partial charge on any atom is 0.410 e. The van der Waals surface area contributed by atoms with Gasteiger partial charge in [0.25, 0.3) is 0 Å². The number of hydrogen-bond acceptors (Lipinski definition) is 3. The van der Waals surface area contributed by atoms with Gasteiger partial charge in [-0.15, -0.1) is 0 Å². The lowest BCUT2D eigenvalue weighted by molar-refractivity contribution is 0.0286. The van der Waals surface area contributed by atoms with Gasteiger partial charge in [-0.25, -0.2) is 4.79 Å². The molecule has 0 spiro atoms. The summed E-state index contributed by atoms with van der Waals surface area (Å²) in [6, 6.07) is 0. The number of rotatable bonds is 4. The number of amides is 1. The van der Waals surface area contributed by atoms with Gasteiger partial charge < -0.3 is 14.4 Å². The highest BCUT2D eigenvalue weighted by Crippen LogP contribution is 2.34. The summed E-state index contributed by atoms with van der Waals surface area (Å²) in [5.74, 6) is 0. The highest BCUT2D eigenvalue weighted by Gasteiger charge is 2.42. The van der Waals surface area contributed by atoms with Crippen molar-refractivity contribution in [3.8, 4) is 0 Å². The average molecular weight is 229 g/mol. The normalized spacial score (nSPS) is 24.1. The fourth-order valence-corrected chi connectivity index (χ4v) is 1.43. The molecular weight excluding hydrogens is 206 g/mol. The van der Waals surface area contributed by atoms with E-state index >= 15 is 0 Å². The number of carbonyl (C=O) groups excluding carboxylic acids is 1. The summed E-state index contributed by atoms with van der Waals surface area (Å²) >= 11 is 0. The number of epoxide rings is 1. The lowest BCUT2D eigenvalue weighted by Crippen LogP contribution is -2.36. The second-order valence-electron chi connectivity index (χ2n) is 5.48. The molecule has 4 heteroatoms. The van der Waals surface area contributed by atoms with Gasteiger partial charge in [-0.2, -0.15) is 0 Å². The van der Waals surface area contributed by atoms with Crippen LogP contribution in [0.15, 0.2) is 0 Å². The van der Waals surface area contributed by atoms with Crippen LogP contribution in [0, 0.1) is 0 Å². The molecule has 94 valence electrons. The first-order valence-electron chi connectivity index (χ1n) is 5.86. The van der Waals surface area contributed by atoms with E-state index in [1.807, 2.05) is 20.8 Å². The van der Waals surface area contributed by atoms with Crippen molar-refractivity contribution < 1.29 is 14.3 Å². The van der Waals surface area contributed by atoms with Crippen LogP contribution < -0.4 is 0 Å². The molecule has 0 aliphatic carbocycles. The average Bonchev–Trinajstić information content (AvgIpc) is 2.92. The number of hydrogen-bond donors (Lipinski definition) is 0. The molecule has 1 fully saturated rings. The molecule has 0 N–H and O–H groups in total. The Morgan fingerprint density at radius 2 is 2.06 bits per heavy atom. The van der Waals surface area contributed by atoms with E-state index in [9.17, 15) is 4.79 Å². The van der Waals surface area contributed by atoms with Crippen LogP contribution >= 0.6 is 0 Å². The van der Waals surface area contributed by atoms with Crippen molar-refractivity contribution in [1.82, 2.24) is 4.90 Å². The standard InChI is InChI=1S/C12H23NO3/c1-6-12(9-15-12)7-8-13(5)10(14)16-11(2,3)4/h6-9H2,1-5H3. The molecule has 0 saturated carbocycles. The van der Waals surface area contributed by atoms with E-state index in [2.05, 4.69) is 6.92 Å². The maximum atomic E-state index is 11.6. The Labute approximate surface area is 97.9 Å². The van der Waals surface area contributed by atoms with Gasteiger partial charge >= 0.3 is 6.09 Å². The lowest BCUT2D eigenvalue weighted by Gasteiger charge is -2.25. The molecule has 1 amide bonds. The third-order valence-electron chi connectivity index (χ3n) is 2.80. The highest BCUT2D eigenvalue weighted by atomic mass is 16.6. The summed E-state index contributed by atoms with van der Waals surface area (Å²) in [6.07, 6.45) is 1.63. The molecule has 1 saturated heterocycles. The molecule has 16 heavy (non-hydrogen) atoms. The molecule has 1 heterocycles. The van der Waals surface area contributed by atoms with Crippen LogP contribution in [0.1, 0.15) is 40.5 Å². The number of carbonyl (C=O) groups is 1. The first kappa shape index (κ1) is 13.3. The molecule has 0 aromatic carbocycles. The van der Waals surface area contributed by atoms with Crippen LogP contribution in [-0.4, -0.2) is 42.4 Å². The van der Waals surface area contributed by atoms with Crippen molar-refractivity contribution in [2.75, 3.05) is 20.2 Å². The highest BCUT2D eigenvalue weighted by molar-refractivity contribution is 5.67. The SMILES string of the molecule is CCC1(CCN(C)C(=O)OC(C)(C)C)CO1. The summed E-state index contributed by atoms with van der Waals surface area (Å²) in [5, 5.41) is 0. The van der Waals surface area contributed by atoms with Gasteiger partial charge in [0.15, 0.2) is 0 Å². The zero-order valence-electron chi connectivity index (χ0n) is 11.0. The molecule has 1 aliphatic heterocycles. The minimum Gasteiger partial charge on any atom is -0.444 e. The molecule has 1 atom stereocenters. The third-order valence-corrected chi connectivity index (χ3v) is 2.80. The Morgan fingerprint density at radius 1 is 1.50 bits per heavy atom. The van der Waals surface area contributed by atoms with E-state index in [1.54, 1.807) is 11.9 Å². The summed E-state index contributed by atoms with van der Waals surface area (Å²) in [7, 11) is 1.76. The molecule has 4 nitrogen and oxygen atoms in total. The van der Waals surface area contributed by atoms with Crippen molar-refractivity contribution in [2.45, 2.75) is 51.7 Å². The summed E-state index contributed by atoms with van der Waals surface area (Å²) in [5.41, 5.74) is -0.389. The van der Waals surface area contributed by atoms with Crippen LogP contribution in [-0.2, 0) is 9.47 Å². The molecule has 1 rings (SSSR count). The fraction of sp³-hybridized carbons (Fsp3) is 0.917. The van der Waals surface area contributed by atoms with Crippen LogP contribution in [0.3, 0.4) is 0 Å². The van der Waals surface area contributed by atoms with E-state index in [0.717, 1.165) is 19.4 Å². The van der Waals surface area contributed by atoms with Crippen molar-refractivity contribution in [3.05, 3.63) is 0 Å². The summed E-state index contributed by atoms with van der Waals surface area (Å²) in [6.45, 7) is 9.23. The van der Waals surface area contributed by atoms with Crippen molar-refractivity contribution in [2.24, 2.45) is 0 Å². The van der Waals surface area contributed by atoms with E-state index < -0.39 is 5.60 Å². The first-order chi connectivity index (χ1) is 7.28. The van der Waals surface area contributed by atoms with Crippen molar-refractivity contribution in [3.63, 3.8) is 0 Å². The van der Waals surface area contributed by atoms with Crippen molar-refractivity contribution >= 4 is 6.09 Å². The van der Waals surface area contributed by atoms with E-state index in [4.69, 9.17) is 9.47 Å². The van der Waals surface area contributed by atoms with E-state index in [-0.39, 0.29) is 11.7 Å². The van der Waals surface area contributed by atoms with Crippen LogP contribution in [0.5, 0.6) is 0 Å². The van der Waals surface area contributed by atoms with Crippen LogP contribution in [0.25, 0.3) is 0 Å². The fourth-order valence-electron chi connectivity index (χ4n) is 1.43. The maximum absolute atomic E-state index is 11.6. The van der Waals surface area contributed by atoms with Gasteiger partial charge in [0.1, 0.15) is 5.60 Å². The number of ether oxygens (including phenoxy) is 2. The van der Waals surface area contributed by atoms with Crippen molar-refractivity contribution in [1.29, 1.82) is 0 Å². The molecule has 0 bridgehead atoms. The Balaban J connectivity index is 2.29. The summed E-state index contributed by atoms with van der Waals surface area (Å²) in [4.78, 5) is 13.3. The lowest BCUT2D eigenvalue weighted by atomic mass is 10.0. The minimum absolute atomic E-state index is 0.0380. The van der Waals surface area contributed by atoms with Gasteiger partial charge in [-0.1, -0.05) is 6.92 Å². The number of nitrogens with zero attached hydrogens (tertiary/aromatic N) is 1. The molecule has 1 unspecified atom stereocenters. The van der Waals surface area contributed by atoms with Crippen LogP contribution in [0.4, 0.5) is 4.79 Å². The zero-order chi connectivity index (χ0) is 12.4. The molecule has 0 aromatic rings. The van der Waals surface area contributed by atoms with Crippen LogP contribution in [0.2, 0.25) is 0 Å². The quantitative estimate of drug-likeness (QED) is 0.695. The minimum atomic E-state index is -0.427. The van der Waals surface area contributed by atoms with Gasteiger partial charge in [-0.3, -0.25) is 0 Å². The molecular formula is C12H23NO3. The topological polar surface area (TPSA) is 42.1 Å². The van der Waals surface area contributed by atoms with Gasteiger partial charge in [0, 0.05) is 13.6 Å². The predicted octanol–water partition coefficient (Wildman–Crippen LogP) is 2.42. The van der Waals surface area contributed by atoms with Gasteiger partial charge in [0.2, 0.25) is 0 Å². The molecule has 1 aliphatic rings. The summed E-state index contributed by atoms with van der Waals surface area (Å²) < 4.78 is 10.7. The Hall–Kier alpha value is -0.770. The molecule has 0 radical (unpaired) electrons. The van der Waals surface area contributed by atoms with Gasteiger partial charge in [-0.05, 0) is 33.6 Å². The molecule has 0 aromatic heterocycles.